The molecule has 0 saturated carbocycles. The van der Waals surface area contributed by atoms with Gasteiger partial charge in [-0.3, -0.25) is 0 Å². The van der Waals surface area contributed by atoms with Crippen LogP contribution in [0.3, 0.4) is 0 Å². The van der Waals surface area contributed by atoms with E-state index in [0.29, 0.717) is 5.57 Å². The van der Waals surface area contributed by atoms with Crippen molar-refractivity contribution in [3.8, 4) is 12.1 Å². The summed E-state index contributed by atoms with van der Waals surface area (Å²) in [6, 6.07) is 12.2. The van der Waals surface area contributed by atoms with E-state index >= 15 is 0 Å². The van der Waals surface area contributed by atoms with Gasteiger partial charge < -0.3 is 0 Å². The average Bonchev–Trinajstić information content (AvgIpc) is 2.38. The predicted octanol–water partition coefficient (Wildman–Crippen LogP) is 3.41. The van der Waals surface area contributed by atoms with Gasteiger partial charge in [-0.15, -0.1) is 6.58 Å². The molecule has 2 nitrogen and oxygen atoms in total. The van der Waals surface area contributed by atoms with Crippen molar-refractivity contribution >= 4 is 5.57 Å². The number of allylic oxidation sites excluding steroid dienone is 3. The molecule has 0 amide bonds. The van der Waals surface area contributed by atoms with Gasteiger partial charge in [-0.25, -0.2) is 0 Å². The lowest BCUT2D eigenvalue weighted by molar-refractivity contribution is 0.594. The van der Waals surface area contributed by atoms with E-state index in [1.54, 1.807) is 6.08 Å². The van der Waals surface area contributed by atoms with Gasteiger partial charge in [-0.1, -0.05) is 36.4 Å². The minimum atomic E-state index is -0.179. The summed E-state index contributed by atoms with van der Waals surface area (Å²) in [6.45, 7) is 3.71. The Labute approximate surface area is 101 Å². The van der Waals surface area contributed by atoms with Gasteiger partial charge in [0.2, 0.25) is 0 Å². The summed E-state index contributed by atoms with van der Waals surface area (Å²) in [5.74, 6) is -0.122. The van der Waals surface area contributed by atoms with E-state index in [2.05, 4.69) is 18.7 Å². The number of rotatable bonds is 2. The Morgan fingerprint density at radius 1 is 1.29 bits per heavy atom. The fourth-order valence-corrected chi connectivity index (χ4v) is 2.30. The van der Waals surface area contributed by atoms with E-state index in [1.807, 2.05) is 30.3 Å². The highest BCUT2D eigenvalue weighted by atomic mass is 14.4. The summed E-state index contributed by atoms with van der Waals surface area (Å²) in [5.41, 5.74) is 2.52. The first-order valence-corrected chi connectivity index (χ1v) is 5.53. The van der Waals surface area contributed by atoms with E-state index in [4.69, 9.17) is 5.26 Å². The highest BCUT2D eigenvalue weighted by molar-refractivity contribution is 5.81. The number of nitrogens with zero attached hydrogens (tertiary/aromatic N) is 2. The summed E-state index contributed by atoms with van der Waals surface area (Å²) in [7, 11) is 0. The Balaban J connectivity index is 2.57. The molecule has 0 fully saturated rings. The van der Waals surface area contributed by atoms with Crippen LogP contribution in [0.5, 0.6) is 0 Å². The quantitative estimate of drug-likeness (QED) is 0.717. The Kier molecular flexibility index (Phi) is 3.08. The first-order valence-electron chi connectivity index (χ1n) is 5.53. The molecule has 0 bridgehead atoms. The summed E-state index contributed by atoms with van der Waals surface area (Å²) in [4.78, 5) is 0. The van der Waals surface area contributed by atoms with Gasteiger partial charge in [0.25, 0.3) is 0 Å². The van der Waals surface area contributed by atoms with Gasteiger partial charge in [0, 0.05) is 5.92 Å². The summed E-state index contributed by atoms with van der Waals surface area (Å²) in [5, 5.41) is 18.5. The van der Waals surface area contributed by atoms with Gasteiger partial charge in [0.15, 0.2) is 0 Å². The molecule has 1 aliphatic rings. The molecule has 0 spiro atoms. The molecular formula is C15H12N2. The number of hydrogen-bond donors (Lipinski definition) is 0. The number of nitriles is 2. The van der Waals surface area contributed by atoms with Crippen molar-refractivity contribution < 1.29 is 0 Å². The third-order valence-corrected chi connectivity index (χ3v) is 3.09. The Morgan fingerprint density at radius 3 is 2.71 bits per heavy atom. The molecule has 1 aliphatic carbocycles. The molecule has 0 radical (unpaired) electrons. The number of hydrogen-bond acceptors (Lipinski definition) is 2. The molecule has 2 heteroatoms. The zero-order chi connectivity index (χ0) is 12.3. The second-order valence-corrected chi connectivity index (χ2v) is 4.07. The fourth-order valence-electron chi connectivity index (χ4n) is 2.30. The molecule has 1 aromatic carbocycles. The van der Waals surface area contributed by atoms with Crippen molar-refractivity contribution in [3.63, 3.8) is 0 Å². The normalized spacial score (nSPS) is 21.6. The van der Waals surface area contributed by atoms with Crippen LogP contribution in [0.2, 0.25) is 0 Å². The molecule has 17 heavy (non-hydrogen) atoms. The van der Waals surface area contributed by atoms with Crippen molar-refractivity contribution in [2.45, 2.75) is 12.3 Å². The van der Waals surface area contributed by atoms with E-state index < -0.39 is 0 Å². The molecule has 2 atom stereocenters. The van der Waals surface area contributed by atoms with E-state index in [1.165, 1.54) is 0 Å². The minimum Gasteiger partial charge on any atom is -0.198 e. The van der Waals surface area contributed by atoms with Crippen LogP contribution < -0.4 is 0 Å². The smallest absolute Gasteiger partial charge is 0.0994 e. The summed E-state index contributed by atoms with van der Waals surface area (Å²) in [6.07, 6.45) is 4.42. The highest BCUT2D eigenvalue weighted by Crippen LogP contribution is 2.39. The molecule has 0 unspecified atom stereocenters. The Hall–Kier alpha value is -2.32. The van der Waals surface area contributed by atoms with E-state index in [0.717, 1.165) is 17.5 Å². The standard InChI is InChI=1S/C15H12N2/c1-2-5-11-8-12(9-16)13-6-3-4-7-14(13)15(11)10-17/h2-4,6-8,11,15H,1,5H2/t11-,15-/m0/s1. The lowest BCUT2D eigenvalue weighted by Crippen LogP contribution is -2.15. The van der Waals surface area contributed by atoms with Crippen LogP contribution in [0.4, 0.5) is 0 Å². The van der Waals surface area contributed by atoms with Gasteiger partial charge in [-0.05, 0) is 17.5 Å². The van der Waals surface area contributed by atoms with Crippen molar-refractivity contribution in [1.29, 1.82) is 10.5 Å². The molecule has 82 valence electrons. The van der Waals surface area contributed by atoms with Crippen molar-refractivity contribution in [1.82, 2.24) is 0 Å². The van der Waals surface area contributed by atoms with Crippen molar-refractivity contribution in [3.05, 3.63) is 54.1 Å². The molecule has 0 N–H and O–H groups in total. The molecule has 2 rings (SSSR count). The maximum atomic E-state index is 9.30. The van der Waals surface area contributed by atoms with Crippen LogP contribution in [0.15, 0.2) is 43.0 Å². The number of benzene rings is 1. The minimum absolute atomic E-state index is 0.0575. The van der Waals surface area contributed by atoms with Crippen molar-refractivity contribution in [2.75, 3.05) is 0 Å². The number of fused-ring (bicyclic) bond motifs is 1. The van der Waals surface area contributed by atoms with Crippen LogP contribution in [-0.4, -0.2) is 0 Å². The SMILES string of the molecule is C=CC[C@H]1C=C(C#N)c2ccccc2[C@H]1C#N. The van der Waals surface area contributed by atoms with Gasteiger partial charge in [0.05, 0.1) is 23.6 Å². The molecule has 1 aromatic rings. The van der Waals surface area contributed by atoms with Gasteiger partial charge in [0.1, 0.15) is 0 Å². The van der Waals surface area contributed by atoms with Crippen molar-refractivity contribution in [2.24, 2.45) is 5.92 Å². The van der Waals surface area contributed by atoms with Crippen LogP contribution >= 0.6 is 0 Å². The van der Waals surface area contributed by atoms with Gasteiger partial charge >= 0.3 is 0 Å². The summed E-state index contributed by atoms with van der Waals surface area (Å²) < 4.78 is 0. The maximum Gasteiger partial charge on any atom is 0.0994 e. The van der Waals surface area contributed by atoms with E-state index in [9.17, 15) is 5.26 Å². The molecule has 0 saturated heterocycles. The largest absolute Gasteiger partial charge is 0.198 e. The first-order chi connectivity index (χ1) is 8.31. The maximum absolute atomic E-state index is 9.30. The molecular weight excluding hydrogens is 208 g/mol. The zero-order valence-electron chi connectivity index (χ0n) is 9.43. The second-order valence-electron chi connectivity index (χ2n) is 4.07. The average molecular weight is 220 g/mol. The van der Waals surface area contributed by atoms with Gasteiger partial charge in [-0.2, -0.15) is 10.5 Å². The Morgan fingerprint density at radius 2 is 2.06 bits per heavy atom. The van der Waals surface area contributed by atoms with Crippen LogP contribution in [0.25, 0.3) is 5.57 Å². The van der Waals surface area contributed by atoms with E-state index in [-0.39, 0.29) is 11.8 Å². The second kappa shape index (κ2) is 4.68. The highest BCUT2D eigenvalue weighted by Gasteiger charge is 2.28. The summed E-state index contributed by atoms with van der Waals surface area (Å²) >= 11 is 0. The molecule has 0 aliphatic heterocycles. The lowest BCUT2D eigenvalue weighted by Gasteiger charge is -2.25. The third kappa shape index (κ3) is 1.86. The monoisotopic (exact) mass is 220 g/mol. The Bertz CT molecular complexity index is 555. The fraction of sp³-hybridized carbons (Fsp3) is 0.200. The van der Waals surface area contributed by atoms with Crippen LogP contribution in [0, 0.1) is 28.6 Å². The lowest BCUT2D eigenvalue weighted by atomic mass is 9.76. The molecule has 0 aromatic heterocycles. The third-order valence-electron chi connectivity index (χ3n) is 3.09. The van der Waals surface area contributed by atoms with Crippen LogP contribution in [-0.2, 0) is 0 Å². The predicted molar refractivity (Wildman–Crippen MR) is 66.7 cm³/mol. The molecule has 0 heterocycles. The topological polar surface area (TPSA) is 47.6 Å². The first kappa shape index (κ1) is 11.2. The zero-order valence-corrected chi connectivity index (χ0v) is 9.43. The van der Waals surface area contributed by atoms with Crippen LogP contribution in [0.1, 0.15) is 23.5 Å².